The van der Waals surface area contributed by atoms with Gasteiger partial charge in [0.2, 0.25) is 0 Å². The Labute approximate surface area is 146 Å². The van der Waals surface area contributed by atoms with Gasteiger partial charge in [0.05, 0.1) is 23.1 Å². The quantitative estimate of drug-likeness (QED) is 0.895. The summed E-state index contributed by atoms with van der Waals surface area (Å²) in [6.07, 6.45) is 5.08. The number of aliphatic carboxylic acids is 1. The van der Waals surface area contributed by atoms with Gasteiger partial charge in [-0.25, -0.2) is 9.48 Å². The minimum absolute atomic E-state index is 0.374. The number of carbonyl (C=O) groups excluding carboxylic acids is 1. The van der Waals surface area contributed by atoms with Gasteiger partial charge in [-0.2, -0.15) is 5.10 Å². The van der Waals surface area contributed by atoms with Crippen molar-refractivity contribution >= 4 is 11.9 Å². The van der Waals surface area contributed by atoms with Gasteiger partial charge in [-0.15, -0.1) is 0 Å². The van der Waals surface area contributed by atoms with E-state index in [2.05, 4.69) is 10.4 Å². The molecule has 0 spiro atoms. The van der Waals surface area contributed by atoms with Crippen LogP contribution in [0.4, 0.5) is 0 Å². The Morgan fingerprint density at radius 1 is 1.20 bits per heavy atom. The molecule has 0 aliphatic heterocycles. The largest absolute Gasteiger partial charge is 0.480 e. The highest BCUT2D eigenvalue weighted by atomic mass is 16.4. The van der Waals surface area contributed by atoms with Gasteiger partial charge in [0, 0.05) is 0 Å². The fourth-order valence-electron chi connectivity index (χ4n) is 3.48. The molecule has 2 aromatic rings. The third-order valence-corrected chi connectivity index (χ3v) is 4.97. The highest BCUT2D eigenvalue weighted by molar-refractivity contribution is 5.98. The van der Waals surface area contributed by atoms with E-state index in [-0.39, 0.29) is 5.91 Å². The summed E-state index contributed by atoms with van der Waals surface area (Å²) in [6.45, 7) is 3.81. The molecule has 0 bridgehead atoms. The number of hydrogen-bond donors (Lipinski definition) is 2. The molecule has 1 aliphatic rings. The van der Waals surface area contributed by atoms with Crippen LogP contribution in [0, 0.1) is 13.8 Å². The maximum absolute atomic E-state index is 12.7. The summed E-state index contributed by atoms with van der Waals surface area (Å²) in [5.74, 6) is -1.33. The van der Waals surface area contributed by atoms with Crippen LogP contribution in [0.3, 0.4) is 0 Å². The fraction of sp³-hybridized carbons (Fsp3) is 0.421. The summed E-state index contributed by atoms with van der Waals surface area (Å²) in [4.78, 5) is 24.5. The molecule has 6 nitrogen and oxygen atoms in total. The van der Waals surface area contributed by atoms with E-state index in [0.717, 1.165) is 30.5 Å². The zero-order chi connectivity index (χ0) is 18.0. The van der Waals surface area contributed by atoms with Crippen molar-refractivity contribution in [2.45, 2.75) is 51.5 Å². The molecule has 6 heteroatoms. The summed E-state index contributed by atoms with van der Waals surface area (Å²) in [6, 6.07) is 7.85. The molecule has 1 saturated carbocycles. The molecule has 0 radical (unpaired) electrons. The fourth-order valence-corrected chi connectivity index (χ4v) is 3.48. The smallest absolute Gasteiger partial charge is 0.329 e. The van der Waals surface area contributed by atoms with Crippen LogP contribution in [0.25, 0.3) is 5.69 Å². The Kier molecular flexibility index (Phi) is 4.61. The van der Waals surface area contributed by atoms with E-state index < -0.39 is 11.5 Å². The number of carboxylic acid groups (broad SMARTS) is 1. The highest BCUT2D eigenvalue weighted by Gasteiger charge is 2.41. The Balaban J connectivity index is 1.87. The minimum Gasteiger partial charge on any atom is -0.480 e. The minimum atomic E-state index is -1.16. The van der Waals surface area contributed by atoms with E-state index in [1.807, 2.05) is 38.1 Å². The van der Waals surface area contributed by atoms with Crippen molar-refractivity contribution in [3.63, 3.8) is 0 Å². The Morgan fingerprint density at radius 3 is 2.56 bits per heavy atom. The van der Waals surface area contributed by atoms with Gasteiger partial charge in [0.1, 0.15) is 5.54 Å². The van der Waals surface area contributed by atoms with Crippen molar-refractivity contribution in [2.75, 3.05) is 0 Å². The number of carbonyl (C=O) groups is 2. The second-order valence-corrected chi connectivity index (χ2v) is 6.80. The first-order chi connectivity index (χ1) is 11.9. The molecule has 1 aromatic heterocycles. The first kappa shape index (κ1) is 17.2. The predicted molar refractivity (Wildman–Crippen MR) is 94.0 cm³/mol. The summed E-state index contributed by atoms with van der Waals surface area (Å²) in [7, 11) is 0. The van der Waals surface area contributed by atoms with Crippen LogP contribution >= 0.6 is 0 Å². The van der Waals surface area contributed by atoms with Gasteiger partial charge in [0.25, 0.3) is 5.91 Å². The van der Waals surface area contributed by atoms with E-state index in [0.29, 0.717) is 24.1 Å². The average Bonchev–Trinajstić information content (AvgIpc) is 2.97. The lowest BCUT2D eigenvalue weighted by molar-refractivity contribution is -0.145. The highest BCUT2D eigenvalue weighted by Crippen LogP contribution is 2.29. The standard InChI is InChI=1S/C19H23N3O3/c1-13-7-6-8-15(11-13)22-14(2)16(12-20-22)17(23)21-19(18(24)25)9-4-3-5-10-19/h6-8,11-12H,3-5,9-10H2,1-2H3,(H,21,23)(H,24,25). The van der Waals surface area contributed by atoms with Gasteiger partial charge >= 0.3 is 5.97 Å². The van der Waals surface area contributed by atoms with Crippen molar-refractivity contribution in [3.8, 4) is 5.69 Å². The van der Waals surface area contributed by atoms with E-state index in [4.69, 9.17) is 0 Å². The summed E-state index contributed by atoms with van der Waals surface area (Å²) >= 11 is 0. The van der Waals surface area contributed by atoms with Gasteiger partial charge in [-0.05, 0) is 44.4 Å². The molecule has 3 rings (SSSR count). The Bertz CT molecular complexity index is 804. The summed E-state index contributed by atoms with van der Waals surface area (Å²) in [5, 5.41) is 16.7. The first-order valence-electron chi connectivity index (χ1n) is 8.60. The van der Waals surface area contributed by atoms with Crippen LogP contribution in [0.5, 0.6) is 0 Å². The maximum atomic E-state index is 12.7. The maximum Gasteiger partial charge on any atom is 0.329 e. The van der Waals surface area contributed by atoms with E-state index in [1.54, 1.807) is 4.68 Å². The number of hydrogen-bond acceptors (Lipinski definition) is 3. The zero-order valence-corrected chi connectivity index (χ0v) is 14.6. The second kappa shape index (κ2) is 6.70. The summed E-state index contributed by atoms with van der Waals surface area (Å²) in [5.41, 5.74) is 1.92. The molecule has 1 aromatic carbocycles. The van der Waals surface area contributed by atoms with E-state index in [9.17, 15) is 14.7 Å². The number of aromatic nitrogens is 2. The normalized spacial score (nSPS) is 16.4. The van der Waals surface area contributed by atoms with Gasteiger partial charge < -0.3 is 10.4 Å². The van der Waals surface area contributed by atoms with Crippen LogP contribution in [0.1, 0.15) is 53.7 Å². The Hall–Kier alpha value is -2.63. The van der Waals surface area contributed by atoms with Crippen molar-refractivity contribution in [3.05, 3.63) is 47.3 Å². The monoisotopic (exact) mass is 341 g/mol. The molecule has 1 aliphatic carbocycles. The molecular formula is C19H23N3O3. The number of amides is 1. The van der Waals surface area contributed by atoms with Crippen molar-refractivity contribution in [1.82, 2.24) is 15.1 Å². The molecule has 25 heavy (non-hydrogen) atoms. The summed E-state index contributed by atoms with van der Waals surface area (Å²) < 4.78 is 1.70. The lowest BCUT2D eigenvalue weighted by Gasteiger charge is -2.33. The average molecular weight is 341 g/mol. The molecular weight excluding hydrogens is 318 g/mol. The number of carboxylic acids is 1. The van der Waals surface area contributed by atoms with E-state index >= 15 is 0 Å². The zero-order valence-electron chi connectivity index (χ0n) is 14.6. The van der Waals surface area contributed by atoms with Crippen molar-refractivity contribution in [2.24, 2.45) is 0 Å². The number of rotatable bonds is 4. The number of aryl methyl sites for hydroxylation is 1. The molecule has 1 fully saturated rings. The number of nitrogens with zero attached hydrogens (tertiary/aromatic N) is 2. The number of nitrogens with one attached hydrogen (secondary N) is 1. The lowest BCUT2D eigenvalue weighted by atomic mass is 9.81. The molecule has 0 saturated heterocycles. The van der Waals surface area contributed by atoms with E-state index in [1.165, 1.54) is 6.20 Å². The van der Waals surface area contributed by atoms with Crippen molar-refractivity contribution in [1.29, 1.82) is 0 Å². The predicted octanol–water partition coefficient (Wildman–Crippen LogP) is 3.01. The van der Waals surface area contributed by atoms with Crippen LogP contribution < -0.4 is 5.32 Å². The molecule has 0 atom stereocenters. The van der Waals surface area contributed by atoms with Gasteiger partial charge in [0.15, 0.2) is 0 Å². The third-order valence-electron chi connectivity index (χ3n) is 4.97. The van der Waals surface area contributed by atoms with Crippen LogP contribution in [0.2, 0.25) is 0 Å². The third kappa shape index (κ3) is 3.29. The lowest BCUT2D eigenvalue weighted by Crippen LogP contribution is -2.55. The van der Waals surface area contributed by atoms with Crippen LogP contribution in [-0.2, 0) is 4.79 Å². The van der Waals surface area contributed by atoms with Gasteiger partial charge in [-0.3, -0.25) is 4.79 Å². The van der Waals surface area contributed by atoms with Crippen LogP contribution in [-0.4, -0.2) is 32.3 Å². The Morgan fingerprint density at radius 2 is 1.92 bits per heavy atom. The number of benzene rings is 1. The first-order valence-corrected chi connectivity index (χ1v) is 8.60. The molecule has 0 unspecified atom stereocenters. The van der Waals surface area contributed by atoms with Gasteiger partial charge in [-0.1, -0.05) is 31.4 Å². The molecule has 132 valence electrons. The van der Waals surface area contributed by atoms with Crippen LogP contribution in [0.15, 0.2) is 30.5 Å². The molecule has 2 N–H and O–H groups in total. The van der Waals surface area contributed by atoms with Crippen molar-refractivity contribution < 1.29 is 14.7 Å². The second-order valence-electron chi connectivity index (χ2n) is 6.80. The topological polar surface area (TPSA) is 84.2 Å². The molecule has 1 heterocycles. The SMILES string of the molecule is Cc1cccc(-n2ncc(C(=O)NC3(C(=O)O)CCCCC3)c2C)c1. The molecule has 1 amide bonds.